The van der Waals surface area contributed by atoms with Crippen LogP contribution in [0.25, 0.3) is 0 Å². The molecule has 0 saturated heterocycles. The van der Waals surface area contributed by atoms with Crippen LogP contribution in [0.15, 0.2) is 49.2 Å². The molecule has 0 saturated carbocycles. The van der Waals surface area contributed by atoms with Crippen molar-refractivity contribution in [1.82, 2.24) is 50.6 Å². The van der Waals surface area contributed by atoms with Crippen molar-refractivity contribution in [1.29, 1.82) is 0 Å². The Balaban J connectivity index is 1.18. The lowest BCUT2D eigenvalue weighted by molar-refractivity contribution is -0.137. The van der Waals surface area contributed by atoms with E-state index in [0.717, 1.165) is 31.5 Å². The smallest absolute Gasteiger partial charge is 0.346 e. The lowest BCUT2D eigenvalue weighted by Crippen LogP contribution is -2.24. The molecule has 0 atom stereocenters. The van der Waals surface area contributed by atoms with Crippen LogP contribution in [-0.2, 0) is 38.3 Å². The van der Waals surface area contributed by atoms with Crippen molar-refractivity contribution in [2.75, 3.05) is 0 Å². The molecule has 42 heavy (non-hydrogen) atoms. The molecule has 4 aromatic rings. The Morgan fingerprint density at radius 2 is 1.43 bits per heavy atom. The number of aryl methyl sites for hydroxylation is 2. The second-order valence-electron chi connectivity index (χ2n) is 9.31. The van der Waals surface area contributed by atoms with E-state index in [2.05, 4.69) is 41.2 Å². The van der Waals surface area contributed by atoms with Crippen molar-refractivity contribution >= 4 is 11.8 Å². The van der Waals surface area contributed by atoms with Gasteiger partial charge in [-0.15, -0.1) is 10.2 Å². The monoisotopic (exact) mass is 592 g/mol. The van der Waals surface area contributed by atoms with E-state index in [1.807, 2.05) is 0 Å². The third-order valence-corrected chi connectivity index (χ3v) is 5.90. The third-order valence-electron chi connectivity index (χ3n) is 5.90. The highest BCUT2D eigenvalue weighted by Crippen LogP contribution is 2.29. The van der Waals surface area contributed by atoms with E-state index in [4.69, 9.17) is 0 Å². The molecule has 0 bridgehead atoms. The van der Waals surface area contributed by atoms with Gasteiger partial charge in [0.25, 0.3) is 17.7 Å². The molecule has 0 spiro atoms. The molecule has 0 aromatic carbocycles. The van der Waals surface area contributed by atoms with Crippen LogP contribution in [0, 0.1) is 0 Å². The lowest BCUT2D eigenvalue weighted by Gasteiger charge is -2.11. The average Bonchev–Trinajstić information content (AvgIpc) is 3.62. The van der Waals surface area contributed by atoms with Gasteiger partial charge >= 0.3 is 6.18 Å². The predicted octanol–water partition coefficient (Wildman–Crippen LogP) is 3.13. The molecule has 0 unspecified atom stereocenters. The van der Waals surface area contributed by atoms with E-state index in [9.17, 15) is 31.5 Å². The van der Waals surface area contributed by atoms with E-state index in [1.165, 1.54) is 34.0 Å². The number of nitrogens with zero attached hydrogens (tertiary/aromatic N) is 8. The topological polar surface area (TPSA) is 145 Å². The van der Waals surface area contributed by atoms with Crippen molar-refractivity contribution in [3.8, 4) is 0 Å². The summed E-state index contributed by atoms with van der Waals surface area (Å²) in [5.41, 5.74) is -0.590. The normalized spacial score (nSPS) is 11.9. The number of amides is 2. The molecule has 222 valence electrons. The number of aromatic nitrogens is 8. The summed E-state index contributed by atoms with van der Waals surface area (Å²) in [6, 6.07) is 2.97. The number of alkyl halides is 5. The van der Waals surface area contributed by atoms with E-state index < -0.39 is 29.5 Å². The van der Waals surface area contributed by atoms with E-state index in [0.29, 0.717) is 31.5 Å². The van der Waals surface area contributed by atoms with Crippen molar-refractivity contribution in [3.05, 3.63) is 83.0 Å². The minimum absolute atomic E-state index is 0.000166. The summed E-state index contributed by atoms with van der Waals surface area (Å²) in [6.07, 6.45) is 3.08. The number of hydrogen-bond donors (Lipinski definition) is 2. The first-order valence-corrected chi connectivity index (χ1v) is 12.6. The van der Waals surface area contributed by atoms with Gasteiger partial charge in [0.05, 0.1) is 30.2 Å². The highest BCUT2D eigenvalue weighted by molar-refractivity contribution is 5.92. The van der Waals surface area contributed by atoms with Gasteiger partial charge in [-0.05, 0) is 36.6 Å². The van der Waals surface area contributed by atoms with Gasteiger partial charge in [0.15, 0.2) is 11.4 Å². The lowest BCUT2D eigenvalue weighted by atomic mass is 10.1. The fraction of sp³-hybridized carbons (Fsp3) is 0.360. The average molecular weight is 593 g/mol. The standard InChI is InChI=1S/C25H25F5N10O2/c1-24(26,27)18-8-16(10-31-12-18)11-33-22(41)20-14-39(37-35-20)6-2-3-7-40-15-21(36-38-40)23(42)34-13-19-9-17(4-5-32-19)25(28,29)30/h4-5,8-10,12,14-15H,2-3,6-7,11,13H2,1H3,(H,33,41)(H,34,42). The Morgan fingerprint density at radius 3 is 2.00 bits per heavy atom. The first kappa shape index (κ1) is 30.1. The summed E-state index contributed by atoms with van der Waals surface area (Å²) >= 11 is 0. The Labute approximate surface area is 235 Å². The molecule has 4 heterocycles. The first-order valence-electron chi connectivity index (χ1n) is 12.6. The number of pyridine rings is 2. The van der Waals surface area contributed by atoms with Crippen LogP contribution in [0.2, 0.25) is 0 Å². The SMILES string of the molecule is CC(F)(F)c1cncc(CNC(=O)c2cn(CCCCn3cc(C(=O)NCc4cc(C(F)(F)F)ccn4)nn3)nn2)c1. The zero-order chi connectivity index (χ0) is 30.3. The number of halogens is 5. The van der Waals surface area contributed by atoms with Crippen LogP contribution in [0.3, 0.4) is 0 Å². The molecule has 0 aliphatic heterocycles. The summed E-state index contributed by atoms with van der Waals surface area (Å²) in [5.74, 6) is -4.18. The Kier molecular flexibility index (Phi) is 9.17. The highest BCUT2D eigenvalue weighted by Gasteiger charge is 2.30. The van der Waals surface area contributed by atoms with Crippen molar-refractivity contribution in [2.24, 2.45) is 0 Å². The molecule has 0 aliphatic rings. The zero-order valence-corrected chi connectivity index (χ0v) is 22.1. The molecule has 2 N–H and O–H groups in total. The van der Waals surface area contributed by atoms with Crippen LogP contribution in [0.1, 0.15) is 63.1 Å². The fourth-order valence-corrected chi connectivity index (χ4v) is 3.68. The minimum atomic E-state index is -4.51. The maximum Gasteiger partial charge on any atom is 0.416 e. The first-order chi connectivity index (χ1) is 19.9. The number of nitrogens with one attached hydrogen (secondary N) is 2. The summed E-state index contributed by atoms with van der Waals surface area (Å²) < 4.78 is 68.4. The quantitative estimate of drug-likeness (QED) is 0.189. The zero-order valence-electron chi connectivity index (χ0n) is 22.1. The largest absolute Gasteiger partial charge is 0.416 e. The molecule has 2 amide bonds. The fourth-order valence-electron chi connectivity index (χ4n) is 3.68. The maximum atomic E-state index is 13.5. The van der Waals surface area contributed by atoms with E-state index in [-0.39, 0.29) is 35.7 Å². The third kappa shape index (κ3) is 8.34. The van der Waals surface area contributed by atoms with Crippen LogP contribution < -0.4 is 10.6 Å². The Bertz CT molecular complexity index is 1420. The summed E-state index contributed by atoms with van der Waals surface area (Å²) in [7, 11) is 0. The summed E-state index contributed by atoms with van der Waals surface area (Å²) in [5, 5.41) is 20.5. The van der Waals surface area contributed by atoms with Gasteiger partial charge in [-0.25, -0.2) is 8.78 Å². The van der Waals surface area contributed by atoms with Crippen molar-refractivity contribution in [3.63, 3.8) is 0 Å². The molecule has 0 radical (unpaired) electrons. The predicted molar refractivity (Wildman–Crippen MR) is 135 cm³/mol. The van der Waals surface area contributed by atoms with Crippen molar-refractivity contribution in [2.45, 2.75) is 58.0 Å². The van der Waals surface area contributed by atoms with Gasteiger partial charge in [-0.3, -0.25) is 28.9 Å². The second kappa shape index (κ2) is 12.8. The number of carbonyl (C=O) groups is 2. The second-order valence-corrected chi connectivity index (χ2v) is 9.31. The highest BCUT2D eigenvalue weighted by atomic mass is 19.4. The Morgan fingerprint density at radius 1 is 0.833 bits per heavy atom. The molecule has 0 fully saturated rings. The van der Waals surface area contributed by atoms with Gasteiger partial charge in [-0.1, -0.05) is 10.4 Å². The minimum Gasteiger partial charge on any atom is -0.346 e. The van der Waals surface area contributed by atoms with Crippen LogP contribution in [0.5, 0.6) is 0 Å². The molecular weight excluding hydrogens is 567 g/mol. The number of carbonyl (C=O) groups excluding carboxylic acids is 2. The number of rotatable bonds is 12. The van der Waals surface area contributed by atoms with Gasteiger partial charge < -0.3 is 10.6 Å². The Hall–Kier alpha value is -4.83. The van der Waals surface area contributed by atoms with Crippen LogP contribution in [-0.4, -0.2) is 51.8 Å². The molecular formula is C25H25F5N10O2. The molecule has 4 rings (SSSR count). The summed E-state index contributed by atoms with van der Waals surface area (Å²) in [4.78, 5) is 32.3. The number of unbranched alkanes of at least 4 members (excludes halogenated alkanes) is 1. The molecule has 17 heteroatoms. The van der Waals surface area contributed by atoms with Crippen LogP contribution >= 0.6 is 0 Å². The van der Waals surface area contributed by atoms with Gasteiger partial charge in [-0.2, -0.15) is 13.2 Å². The molecule has 0 aliphatic carbocycles. The van der Waals surface area contributed by atoms with Gasteiger partial charge in [0.1, 0.15) is 0 Å². The summed E-state index contributed by atoms with van der Waals surface area (Å²) in [6.45, 7) is 1.39. The maximum absolute atomic E-state index is 13.5. The van der Waals surface area contributed by atoms with Crippen LogP contribution in [0.4, 0.5) is 22.0 Å². The number of hydrogen-bond acceptors (Lipinski definition) is 8. The van der Waals surface area contributed by atoms with Gasteiger partial charge in [0.2, 0.25) is 0 Å². The molecule has 4 aromatic heterocycles. The van der Waals surface area contributed by atoms with Gasteiger partial charge in [0, 0.05) is 50.7 Å². The van der Waals surface area contributed by atoms with E-state index in [1.54, 1.807) is 0 Å². The van der Waals surface area contributed by atoms with Crippen molar-refractivity contribution < 1.29 is 31.5 Å². The van der Waals surface area contributed by atoms with E-state index >= 15 is 0 Å². The molecule has 12 nitrogen and oxygen atoms in total.